The lowest BCUT2D eigenvalue weighted by Gasteiger charge is -2.14. The highest BCUT2D eigenvalue weighted by Gasteiger charge is 2.15. The monoisotopic (exact) mass is 404 g/mol. The minimum absolute atomic E-state index is 0.334. The van der Waals surface area contributed by atoms with E-state index < -0.39 is 6.10 Å². The Balaban J connectivity index is 1.93. The maximum Gasteiger partial charge on any atom is 0.280 e. The Morgan fingerprint density at radius 3 is 2.60 bits per heavy atom. The van der Waals surface area contributed by atoms with Gasteiger partial charge in [-0.3, -0.25) is 4.79 Å². The lowest BCUT2D eigenvalue weighted by Crippen LogP contribution is -2.33. The van der Waals surface area contributed by atoms with Crippen LogP contribution in [0.15, 0.2) is 58.1 Å². The van der Waals surface area contributed by atoms with E-state index in [2.05, 4.69) is 26.5 Å². The first kappa shape index (κ1) is 19.0. The zero-order valence-corrected chi connectivity index (χ0v) is 15.8. The van der Waals surface area contributed by atoms with Crippen molar-refractivity contribution >= 4 is 28.1 Å². The second-order valence-electron chi connectivity index (χ2n) is 5.31. The van der Waals surface area contributed by atoms with Gasteiger partial charge in [-0.25, -0.2) is 5.43 Å². The third-order valence-corrected chi connectivity index (χ3v) is 3.92. The first-order valence-corrected chi connectivity index (χ1v) is 8.87. The van der Waals surface area contributed by atoms with E-state index in [0.717, 1.165) is 22.2 Å². The smallest absolute Gasteiger partial charge is 0.280 e. The van der Waals surface area contributed by atoms with Crippen LogP contribution in [0.5, 0.6) is 11.5 Å². The predicted molar refractivity (Wildman–Crippen MR) is 102 cm³/mol. The molecule has 0 aliphatic carbocycles. The molecule has 5 nitrogen and oxygen atoms in total. The van der Waals surface area contributed by atoms with Crippen LogP contribution in [0.2, 0.25) is 0 Å². The second-order valence-corrected chi connectivity index (χ2v) is 6.17. The van der Waals surface area contributed by atoms with Crippen LogP contribution in [0.25, 0.3) is 0 Å². The van der Waals surface area contributed by atoms with Gasteiger partial charge < -0.3 is 9.47 Å². The number of benzene rings is 2. The first-order valence-electron chi connectivity index (χ1n) is 8.07. The molecular formula is C19H21BrN2O3. The van der Waals surface area contributed by atoms with Crippen molar-refractivity contribution in [3.05, 3.63) is 58.6 Å². The van der Waals surface area contributed by atoms with Gasteiger partial charge in [-0.2, -0.15) is 5.10 Å². The average molecular weight is 405 g/mol. The summed E-state index contributed by atoms with van der Waals surface area (Å²) in [4.78, 5) is 12.1. The number of carbonyl (C=O) groups excluding carboxylic acids is 1. The summed E-state index contributed by atoms with van der Waals surface area (Å²) in [6.45, 7) is 4.35. The Bertz CT molecular complexity index is 734. The van der Waals surface area contributed by atoms with Crippen molar-refractivity contribution in [2.24, 2.45) is 5.10 Å². The summed E-state index contributed by atoms with van der Waals surface area (Å²) in [5.41, 5.74) is 3.29. The molecule has 2 aromatic carbocycles. The van der Waals surface area contributed by atoms with Crippen LogP contribution in [-0.4, -0.2) is 24.8 Å². The van der Waals surface area contributed by atoms with Gasteiger partial charge in [0.2, 0.25) is 0 Å². The maximum atomic E-state index is 12.1. The Hall–Kier alpha value is -2.34. The number of amides is 1. The number of hydrogen-bond acceptors (Lipinski definition) is 4. The van der Waals surface area contributed by atoms with Crippen molar-refractivity contribution in [2.45, 2.75) is 26.4 Å². The van der Waals surface area contributed by atoms with Crippen molar-refractivity contribution in [3.8, 4) is 11.5 Å². The van der Waals surface area contributed by atoms with E-state index in [-0.39, 0.29) is 5.91 Å². The van der Waals surface area contributed by atoms with Gasteiger partial charge in [-0.15, -0.1) is 0 Å². The maximum absolute atomic E-state index is 12.1. The fourth-order valence-corrected chi connectivity index (χ4v) is 2.35. The third-order valence-electron chi connectivity index (χ3n) is 3.27. The van der Waals surface area contributed by atoms with Gasteiger partial charge in [0.1, 0.15) is 11.5 Å². The van der Waals surface area contributed by atoms with Crippen LogP contribution in [0, 0.1) is 0 Å². The lowest BCUT2D eigenvalue weighted by molar-refractivity contribution is -0.127. The van der Waals surface area contributed by atoms with Gasteiger partial charge in [0.15, 0.2) is 6.10 Å². The van der Waals surface area contributed by atoms with E-state index in [0.29, 0.717) is 12.4 Å². The molecule has 0 aromatic heterocycles. The number of hydrogen-bond donors (Lipinski definition) is 1. The molecule has 0 heterocycles. The minimum Gasteiger partial charge on any atom is -0.493 e. The van der Waals surface area contributed by atoms with Gasteiger partial charge >= 0.3 is 0 Å². The van der Waals surface area contributed by atoms with E-state index >= 15 is 0 Å². The molecule has 1 N–H and O–H groups in total. The zero-order valence-electron chi connectivity index (χ0n) is 14.2. The fraction of sp³-hybridized carbons (Fsp3) is 0.263. The van der Waals surface area contributed by atoms with E-state index in [4.69, 9.17) is 9.47 Å². The minimum atomic E-state index is -0.678. The van der Waals surface area contributed by atoms with Gasteiger partial charge in [0.25, 0.3) is 5.91 Å². The molecule has 1 amide bonds. The number of ether oxygens (including phenoxy) is 2. The van der Waals surface area contributed by atoms with Gasteiger partial charge in [0.05, 0.1) is 17.3 Å². The zero-order chi connectivity index (χ0) is 18.1. The van der Waals surface area contributed by atoms with Crippen LogP contribution in [0.4, 0.5) is 0 Å². The normalized spacial score (nSPS) is 12.0. The predicted octanol–water partition coefficient (Wildman–Crippen LogP) is 4.16. The summed E-state index contributed by atoms with van der Waals surface area (Å²) in [5, 5.41) is 4.00. The molecular weight excluding hydrogens is 384 g/mol. The van der Waals surface area contributed by atoms with Crippen LogP contribution in [0.1, 0.15) is 25.8 Å². The largest absolute Gasteiger partial charge is 0.493 e. The third kappa shape index (κ3) is 5.90. The number of rotatable bonds is 8. The van der Waals surface area contributed by atoms with Crippen LogP contribution < -0.4 is 14.9 Å². The SMILES string of the molecule is CCCOc1ccccc1/C=N\NC(=O)[C@H](C)Oc1ccccc1Br. The van der Waals surface area contributed by atoms with Crippen LogP contribution in [-0.2, 0) is 4.79 Å². The summed E-state index contributed by atoms with van der Waals surface area (Å²) < 4.78 is 12.1. The fourth-order valence-electron chi connectivity index (χ4n) is 1.97. The molecule has 2 rings (SSSR count). The first-order chi connectivity index (χ1) is 12.1. The number of carbonyl (C=O) groups is 1. The number of halogens is 1. The molecule has 0 unspecified atom stereocenters. The van der Waals surface area contributed by atoms with E-state index in [1.165, 1.54) is 0 Å². The second kappa shape index (κ2) is 9.84. The van der Waals surface area contributed by atoms with Crippen molar-refractivity contribution in [1.82, 2.24) is 5.43 Å². The Kier molecular flexibility index (Phi) is 7.47. The van der Waals surface area contributed by atoms with E-state index in [1.807, 2.05) is 49.4 Å². The summed E-state index contributed by atoms with van der Waals surface area (Å²) in [6, 6.07) is 14.9. The lowest BCUT2D eigenvalue weighted by atomic mass is 10.2. The Morgan fingerprint density at radius 2 is 1.88 bits per heavy atom. The summed E-state index contributed by atoms with van der Waals surface area (Å²) in [7, 11) is 0. The average Bonchev–Trinajstić information content (AvgIpc) is 2.62. The van der Waals surface area contributed by atoms with Gasteiger partial charge in [-0.1, -0.05) is 31.2 Å². The number of nitrogens with one attached hydrogen (secondary N) is 1. The molecule has 25 heavy (non-hydrogen) atoms. The van der Waals surface area contributed by atoms with E-state index in [1.54, 1.807) is 19.2 Å². The van der Waals surface area contributed by atoms with Crippen LogP contribution in [0.3, 0.4) is 0 Å². The molecule has 0 saturated carbocycles. The molecule has 0 bridgehead atoms. The molecule has 6 heteroatoms. The van der Waals surface area contributed by atoms with E-state index in [9.17, 15) is 4.79 Å². The molecule has 2 aromatic rings. The number of nitrogens with zero attached hydrogens (tertiary/aromatic N) is 1. The van der Waals surface area contributed by atoms with Crippen LogP contribution >= 0.6 is 15.9 Å². The van der Waals surface area contributed by atoms with Crippen molar-refractivity contribution < 1.29 is 14.3 Å². The molecule has 0 spiro atoms. The molecule has 0 aliphatic heterocycles. The number of para-hydroxylation sites is 2. The molecule has 1 atom stereocenters. The highest BCUT2D eigenvalue weighted by atomic mass is 79.9. The highest BCUT2D eigenvalue weighted by molar-refractivity contribution is 9.10. The Labute approximate surface area is 156 Å². The summed E-state index contributed by atoms with van der Waals surface area (Å²) in [6.07, 6.45) is 1.81. The summed E-state index contributed by atoms with van der Waals surface area (Å²) in [5.74, 6) is 1.01. The highest BCUT2D eigenvalue weighted by Crippen LogP contribution is 2.24. The Morgan fingerprint density at radius 1 is 1.20 bits per heavy atom. The van der Waals surface area contributed by atoms with Gasteiger partial charge in [-0.05, 0) is 53.5 Å². The van der Waals surface area contributed by atoms with Gasteiger partial charge in [0, 0.05) is 5.56 Å². The standard InChI is InChI=1S/C19H21BrN2O3/c1-3-12-24-17-10-6-4-8-15(17)13-21-22-19(23)14(2)25-18-11-7-5-9-16(18)20/h4-11,13-14H,3,12H2,1-2H3,(H,22,23)/b21-13-/t14-/m0/s1. The summed E-state index contributed by atoms with van der Waals surface area (Å²) >= 11 is 3.39. The van der Waals surface area contributed by atoms with Crippen molar-refractivity contribution in [1.29, 1.82) is 0 Å². The molecule has 132 valence electrons. The molecule has 0 radical (unpaired) electrons. The molecule has 0 saturated heterocycles. The van der Waals surface area contributed by atoms with Crippen molar-refractivity contribution in [2.75, 3.05) is 6.61 Å². The quantitative estimate of drug-likeness (QED) is 0.530. The van der Waals surface area contributed by atoms with Crippen molar-refractivity contribution in [3.63, 3.8) is 0 Å². The molecule has 0 fully saturated rings. The molecule has 0 aliphatic rings. The topological polar surface area (TPSA) is 59.9 Å². The number of hydrazone groups is 1.